The topological polar surface area (TPSA) is 87.7 Å². The highest BCUT2D eigenvalue weighted by atomic mass is 32.2. The average Bonchev–Trinajstić information content (AvgIpc) is 3.09. The molecule has 32 heavy (non-hydrogen) atoms. The molecule has 0 atom stereocenters. The van der Waals surface area contributed by atoms with Gasteiger partial charge in [0.25, 0.3) is 5.91 Å². The number of para-hydroxylation sites is 1. The van der Waals surface area contributed by atoms with Crippen molar-refractivity contribution in [2.45, 2.75) is 27.7 Å². The highest BCUT2D eigenvalue weighted by molar-refractivity contribution is 8.23. The van der Waals surface area contributed by atoms with Crippen LogP contribution in [0.3, 0.4) is 0 Å². The summed E-state index contributed by atoms with van der Waals surface area (Å²) in [6.07, 6.45) is 0. The van der Waals surface area contributed by atoms with Gasteiger partial charge in [-0.2, -0.15) is 0 Å². The highest BCUT2D eigenvalue weighted by Gasteiger charge is 2.27. The van der Waals surface area contributed by atoms with E-state index >= 15 is 0 Å². The molecule has 1 aromatic heterocycles. The van der Waals surface area contributed by atoms with Gasteiger partial charge in [0.05, 0.1) is 22.8 Å². The van der Waals surface area contributed by atoms with Crippen LogP contribution in [0, 0.1) is 6.92 Å². The number of ether oxygens (including phenoxy) is 1. The number of hydrogen-bond acceptors (Lipinski definition) is 7. The van der Waals surface area contributed by atoms with Crippen LogP contribution in [0.5, 0.6) is 0 Å². The van der Waals surface area contributed by atoms with Crippen molar-refractivity contribution >= 4 is 68.1 Å². The third-order valence-electron chi connectivity index (χ3n) is 4.47. The number of hydrogen-bond donors (Lipinski definition) is 2. The van der Waals surface area contributed by atoms with Crippen molar-refractivity contribution in [2.24, 2.45) is 0 Å². The zero-order valence-electron chi connectivity index (χ0n) is 18.5. The van der Waals surface area contributed by atoms with Crippen LogP contribution in [0.1, 0.15) is 46.4 Å². The van der Waals surface area contributed by atoms with Gasteiger partial charge in [-0.25, -0.2) is 4.79 Å². The maximum Gasteiger partial charge on any atom is 0.341 e. The number of rotatable bonds is 9. The minimum absolute atomic E-state index is 0.0973. The number of carbonyl (C=O) groups is 3. The maximum atomic E-state index is 12.8. The van der Waals surface area contributed by atoms with Gasteiger partial charge in [0.15, 0.2) is 0 Å². The quantitative estimate of drug-likeness (QED) is 0.384. The number of esters is 1. The van der Waals surface area contributed by atoms with E-state index in [4.69, 9.17) is 17.0 Å². The molecule has 0 saturated carbocycles. The molecule has 10 heteroatoms. The van der Waals surface area contributed by atoms with E-state index in [-0.39, 0.29) is 29.7 Å². The molecule has 0 fully saturated rings. The second-order valence-electron chi connectivity index (χ2n) is 6.58. The molecular formula is C22H27N3O4S3. The van der Waals surface area contributed by atoms with Gasteiger partial charge in [-0.1, -0.05) is 42.2 Å². The lowest BCUT2D eigenvalue weighted by atomic mass is 10.1. The highest BCUT2D eigenvalue weighted by Crippen LogP contribution is 2.34. The van der Waals surface area contributed by atoms with Crippen molar-refractivity contribution in [3.05, 3.63) is 46.3 Å². The molecule has 0 radical (unpaired) electrons. The summed E-state index contributed by atoms with van der Waals surface area (Å²) < 4.78 is 5.79. The Morgan fingerprint density at radius 3 is 2.34 bits per heavy atom. The van der Waals surface area contributed by atoms with Crippen molar-refractivity contribution in [2.75, 3.05) is 36.1 Å². The van der Waals surface area contributed by atoms with Gasteiger partial charge in [-0.15, -0.1) is 11.3 Å². The van der Waals surface area contributed by atoms with Gasteiger partial charge in [0.2, 0.25) is 5.91 Å². The fourth-order valence-electron chi connectivity index (χ4n) is 2.84. The number of anilines is 2. The predicted octanol–water partition coefficient (Wildman–Crippen LogP) is 4.78. The van der Waals surface area contributed by atoms with E-state index in [1.807, 2.05) is 36.9 Å². The van der Waals surface area contributed by atoms with Crippen LogP contribution in [0.15, 0.2) is 30.3 Å². The Morgan fingerprint density at radius 2 is 1.75 bits per heavy atom. The number of amides is 2. The molecule has 172 valence electrons. The third kappa shape index (κ3) is 6.78. The van der Waals surface area contributed by atoms with Gasteiger partial charge < -0.3 is 20.3 Å². The first kappa shape index (κ1) is 25.8. The van der Waals surface area contributed by atoms with Crippen LogP contribution >= 0.6 is 35.3 Å². The summed E-state index contributed by atoms with van der Waals surface area (Å²) in [5.74, 6) is -1.16. The Kier molecular flexibility index (Phi) is 10.1. The molecule has 0 aliphatic carbocycles. The van der Waals surface area contributed by atoms with Crippen LogP contribution in [0.4, 0.5) is 10.7 Å². The van der Waals surface area contributed by atoms with Crippen LogP contribution in [-0.2, 0) is 9.53 Å². The lowest BCUT2D eigenvalue weighted by molar-refractivity contribution is -0.113. The molecule has 0 aliphatic rings. The summed E-state index contributed by atoms with van der Waals surface area (Å²) in [6, 6.07) is 9.01. The second kappa shape index (κ2) is 12.6. The van der Waals surface area contributed by atoms with Crippen LogP contribution < -0.4 is 10.6 Å². The molecule has 0 bridgehead atoms. The summed E-state index contributed by atoms with van der Waals surface area (Å²) in [5, 5.41) is 5.86. The summed E-state index contributed by atoms with van der Waals surface area (Å²) in [6.45, 7) is 9.08. The van der Waals surface area contributed by atoms with Crippen molar-refractivity contribution < 1.29 is 19.1 Å². The first-order valence-electron chi connectivity index (χ1n) is 10.2. The summed E-state index contributed by atoms with van der Waals surface area (Å²) in [7, 11) is 0. The Hall–Kier alpha value is -2.43. The van der Waals surface area contributed by atoms with E-state index in [9.17, 15) is 14.4 Å². The number of nitrogens with one attached hydrogen (secondary N) is 2. The molecule has 2 amide bonds. The van der Waals surface area contributed by atoms with E-state index in [1.165, 1.54) is 11.8 Å². The normalized spacial score (nSPS) is 10.4. The van der Waals surface area contributed by atoms with Crippen LogP contribution in [0.2, 0.25) is 0 Å². The fraction of sp³-hybridized carbons (Fsp3) is 0.364. The molecule has 0 unspecified atom stereocenters. The lowest BCUT2D eigenvalue weighted by Crippen LogP contribution is -2.28. The SMILES string of the molecule is CCOC(=O)c1c(NC(=O)CSC(=S)N(CC)CC)sc(C(=O)Nc2ccccc2)c1C. The summed E-state index contributed by atoms with van der Waals surface area (Å²) in [4.78, 5) is 40.3. The number of thiophene rings is 1. The minimum atomic E-state index is -0.582. The zero-order valence-corrected chi connectivity index (χ0v) is 21.0. The van der Waals surface area contributed by atoms with Gasteiger partial charge in [-0.05, 0) is 45.4 Å². The largest absolute Gasteiger partial charge is 0.462 e. The first-order valence-corrected chi connectivity index (χ1v) is 12.4. The molecular weight excluding hydrogens is 466 g/mol. The molecule has 2 aromatic rings. The number of nitrogens with zero attached hydrogens (tertiary/aromatic N) is 1. The van der Waals surface area contributed by atoms with Crippen LogP contribution in [-0.4, -0.2) is 52.5 Å². The molecule has 2 N–H and O–H groups in total. The first-order chi connectivity index (χ1) is 15.3. The summed E-state index contributed by atoms with van der Waals surface area (Å²) >= 11 is 7.67. The summed E-state index contributed by atoms with van der Waals surface area (Å²) in [5.41, 5.74) is 1.29. The van der Waals surface area contributed by atoms with E-state index < -0.39 is 5.97 Å². The Balaban J connectivity index is 2.22. The average molecular weight is 494 g/mol. The lowest BCUT2D eigenvalue weighted by Gasteiger charge is -2.20. The third-order valence-corrected chi connectivity index (χ3v) is 7.19. The number of thiocarbonyl (C=S) groups is 1. The number of benzene rings is 1. The predicted molar refractivity (Wildman–Crippen MR) is 136 cm³/mol. The smallest absolute Gasteiger partial charge is 0.341 e. The van der Waals surface area contributed by atoms with Gasteiger partial charge in [-0.3, -0.25) is 9.59 Å². The number of carbonyl (C=O) groups excluding carboxylic acids is 3. The van der Waals surface area contributed by atoms with Gasteiger partial charge >= 0.3 is 5.97 Å². The van der Waals surface area contributed by atoms with Crippen molar-refractivity contribution in [3.63, 3.8) is 0 Å². The van der Waals surface area contributed by atoms with E-state index in [0.29, 0.717) is 25.4 Å². The van der Waals surface area contributed by atoms with Crippen LogP contribution in [0.25, 0.3) is 0 Å². The Bertz CT molecular complexity index is 972. The van der Waals surface area contributed by atoms with Gasteiger partial charge in [0, 0.05) is 18.8 Å². The van der Waals surface area contributed by atoms with Crippen molar-refractivity contribution in [1.29, 1.82) is 0 Å². The Morgan fingerprint density at radius 1 is 1.09 bits per heavy atom. The minimum Gasteiger partial charge on any atom is -0.462 e. The molecule has 1 heterocycles. The molecule has 0 saturated heterocycles. The van der Waals surface area contributed by atoms with Crippen molar-refractivity contribution in [1.82, 2.24) is 4.90 Å². The molecule has 2 rings (SSSR count). The second-order valence-corrected chi connectivity index (χ2v) is 9.21. The standard InChI is InChI=1S/C22H27N3O4S3/c1-5-25(6-2)22(30)31-13-16(26)24-20-17(21(28)29-7-3)14(4)18(32-20)19(27)23-15-11-9-8-10-12-15/h8-12H,5-7,13H2,1-4H3,(H,23,27)(H,24,26). The molecule has 0 spiro atoms. The Labute approximate surface area is 201 Å². The van der Waals surface area contributed by atoms with E-state index in [2.05, 4.69) is 10.6 Å². The van der Waals surface area contributed by atoms with Crippen molar-refractivity contribution in [3.8, 4) is 0 Å². The van der Waals surface area contributed by atoms with Gasteiger partial charge in [0.1, 0.15) is 9.32 Å². The van der Waals surface area contributed by atoms with E-state index in [0.717, 1.165) is 24.4 Å². The number of thioether (sulfide) groups is 1. The zero-order chi connectivity index (χ0) is 23.7. The maximum absolute atomic E-state index is 12.8. The molecule has 0 aliphatic heterocycles. The monoisotopic (exact) mass is 493 g/mol. The molecule has 1 aromatic carbocycles. The molecule has 7 nitrogen and oxygen atoms in total. The van der Waals surface area contributed by atoms with E-state index in [1.54, 1.807) is 26.0 Å². The fourth-order valence-corrected chi connectivity index (χ4v) is 5.15.